The van der Waals surface area contributed by atoms with Crippen LogP contribution in [-0.4, -0.2) is 35.8 Å². The van der Waals surface area contributed by atoms with Gasteiger partial charge in [0.15, 0.2) is 0 Å². The molecule has 0 spiro atoms. The second kappa shape index (κ2) is 9.15. The van der Waals surface area contributed by atoms with Crippen molar-refractivity contribution in [1.29, 1.82) is 0 Å². The van der Waals surface area contributed by atoms with Gasteiger partial charge in [0.05, 0.1) is 0 Å². The fourth-order valence-corrected chi connectivity index (χ4v) is 5.23. The number of ether oxygens (including phenoxy) is 1. The zero-order valence-corrected chi connectivity index (χ0v) is 19.8. The summed E-state index contributed by atoms with van der Waals surface area (Å²) in [7, 11) is 0. The lowest BCUT2D eigenvalue weighted by Crippen LogP contribution is -2.39. The summed E-state index contributed by atoms with van der Waals surface area (Å²) in [4.78, 5) is 12.1. The molecule has 0 aliphatic carbocycles. The molecule has 2 aromatic rings. The normalized spacial score (nSPS) is 21.1. The second-order valence-electron chi connectivity index (χ2n) is 9.96. The average Bonchev–Trinajstić information content (AvgIpc) is 3.20. The van der Waals surface area contributed by atoms with Gasteiger partial charge in [-0.25, -0.2) is 9.97 Å². The Morgan fingerprint density at radius 3 is 2.52 bits per heavy atom. The van der Waals surface area contributed by atoms with Gasteiger partial charge in [0.25, 0.3) is 0 Å². The van der Waals surface area contributed by atoms with E-state index in [0.29, 0.717) is 17.9 Å². The molecule has 2 aliphatic heterocycles. The molecule has 5 heteroatoms. The van der Waals surface area contributed by atoms with Gasteiger partial charge >= 0.3 is 0 Å². The van der Waals surface area contributed by atoms with Gasteiger partial charge in [0, 0.05) is 37.4 Å². The topological polar surface area (TPSA) is 50.3 Å². The van der Waals surface area contributed by atoms with Crippen molar-refractivity contribution in [3.63, 3.8) is 0 Å². The Bertz CT molecular complexity index is 889. The van der Waals surface area contributed by atoms with Crippen LogP contribution in [0.2, 0.25) is 0 Å². The summed E-state index contributed by atoms with van der Waals surface area (Å²) >= 11 is 0. The van der Waals surface area contributed by atoms with Crippen LogP contribution in [-0.2, 0) is 10.2 Å². The Kier molecular flexibility index (Phi) is 6.52. The smallest absolute Gasteiger partial charge is 0.134 e. The molecular weight excluding hydrogens is 384 g/mol. The molecule has 31 heavy (non-hydrogen) atoms. The van der Waals surface area contributed by atoms with Crippen LogP contribution in [0.3, 0.4) is 0 Å². The third-order valence-corrected chi connectivity index (χ3v) is 7.43. The first-order valence-corrected chi connectivity index (χ1v) is 12.0. The van der Waals surface area contributed by atoms with E-state index >= 15 is 0 Å². The van der Waals surface area contributed by atoms with E-state index in [9.17, 15) is 0 Å². The van der Waals surface area contributed by atoms with Gasteiger partial charge in [-0.3, -0.25) is 0 Å². The number of hydrogen-bond donors (Lipinski definition) is 1. The first kappa shape index (κ1) is 22.1. The summed E-state index contributed by atoms with van der Waals surface area (Å²) < 4.78 is 5.75. The van der Waals surface area contributed by atoms with Crippen LogP contribution in [0.5, 0.6) is 0 Å². The number of pyridine rings is 2. The quantitative estimate of drug-likeness (QED) is 0.615. The van der Waals surface area contributed by atoms with Crippen molar-refractivity contribution >= 4 is 17.5 Å². The van der Waals surface area contributed by atoms with E-state index in [0.717, 1.165) is 50.1 Å². The molecule has 0 bridgehead atoms. The van der Waals surface area contributed by atoms with Crippen molar-refractivity contribution < 1.29 is 4.74 Å². The highest BCUT2D eigenvalue weighted by atomic mass is 16.5. The number of nitrogens with one attached hydrogen (secondary N) is 1. The molecule has 1 atom stereocenters. The molecule has 168 valence electrons. The molecule has 5 nitrogen and oxygen atoms in total. The Morgan fingerprint density at radius 1 is 1.10 bits per heavy atom. The number of nitrogens with zero attached hydrogens (tertiary/aromatic N) is 3. The number of aromatic nitrogens is 2. The van der Waals surface area contributed by atoms with Crippen molar-refractivity contribution in [2.45, 2.75) is 77.7 Å². The predicted molar refractivity (Wildman–Crippen MR) is 128 cm³/mol. The molecule has 0 radical (unpaired) electrons. The fraction of sp³-hybridized carbons (Fsp3) is 0.615. The lowest BCUT2D eigenvalue weighted by molar-refractivity contribution is 0.0321. The minimum Gasteiger partial charge on any atom is -0.381 e. The Labute approximate surface area is 187 Å². The lowest BCUT2D eigenvalue weighted by atomic mass is 9.67. The standard InChI is InChI=1S/C26H38N4O/c1-18(2)21-8-11-27-23(15-21)28-24-16-22(26(19(3)4)9-13-31-14-10-26)17-25(29-24)30-12-6-7-20(30)5/h8,11,15-20H,6-7,9-10,12-14H2,1-5H3,(H,27,28,29). The minimum atomic E-state index is 0.128. The third kappa shape index (κ3) is 4.57. The molecule has 2 fully saturated rings. The predicted octanol–water partition coefficient (Wildman–Crippen LogP) is 6.04. The molecule has 0 aromatic carbocycles. The van der Waals surface area contributed by atoms with Crippen LogP contribution >= 0.6 is 0 Å². The maximum Gasteiger partial charge on any atom is 0.134 e. The van der Waals surface area contributed by atoms with Crippen molar-refractivity contribution in [3.8, 4) is 0 Å². The highest BCUT2D eigenvalue weighted by Crippen LogP contribution is 2.43. The minimum absolute atomic E-state index is 0.128. The van der Waals surface area contributed by atoms with Crippen LogP contribution in [0, 0.1) is 5.92 Å². The molecule has 2 aromatic heterocycles. The van der Waals surface area contributed by atoms with Crippen LogP contribution in [0.4, 0.5) is 17.5 Å². The number of hydrogen-bond acceptors (Lipinski definition) is 5. The molecule has 1 N–H and O–H groups in total. The Morgan fingerprint density at radius 2 is 1.87 bits per heavy atom. The molecule has 0 saturated carbocycles. The molecule has 0 amide bonds. The molecule has 2 saturated heterocycles. The first-order chi connectivity index (χ1) is 14.9. The van der Waals surface area contributed by atoms with Gasteiger partial charge in [-0.15, -0.1) is 0 Å². The average molecular weight is 423 g/mol. The number of rotatable bonds is 6. The van der Waals surface area contributed by atoms with Crippen LogP contribution < -0.4 is 10.2 Å². The van der Waals surface area contributed by atoms with Crippen molar-refractivity contribution in [2.75, 3.05) is 30.0 Å². The van der Waals surface area contributed by atoms with Gasteiger partial charge in [0.2, 0.25) is 0 Å². The summed E-state index contributed by atoms with van der Waals surface area (Å²) in [6.45, 7) is 14.2. The third-order valence-electron chi connectivity index (χ3n) is 7.43. The highest BCUT2D eigenvalue weighted by Gasteiger charge is 2.38. The summed E-state index contributed by atoms with van der Waals surface area (Å²) in [5, 5.41) is 3.53. The van der Waals surface area contributed by atoms with Gasteiger partial charge < -0.3 is 15.0 Å². The summed E-state index contributed by atoms with van der Waals surface area (Å²) in [6, 6.07) is 9.38. The van der Waals surface area contributed by atoms with Crippen LogP contribution in [0.25, 0.3) is 0 Å². The highest BCUT2D eigenvalue weighted by molar-refractivity contribution is 5.59. The maximum atomic E-state index is 5.75. The van der Waals surface area contributed by atoms with E-state index in [1.54, 1.807) is 0 Å². The zero-order valence-electron chi connectivity index (χ0n) is 19.8. The van der Waals surface area contributed by atoms with Gasteiger partial charge in [-0.1, -0.05) is 27.7 Å². The molecule has 1 unspecified atom stereocenters. The van der Waals surface area contributed by atoms with E-state index in [1.165, 1.54) is 24.0 Å². The SMILES string of the molecule is CC(C)c1ccnc(Nc2cc(C3(C(C)C)CCOCC3)cc(N3CCCC3C)n2)c1. The second-order valence-corrected chi connectivity index (χ2v) is 9.96. The summed E-state index contributed by atoms with van der Waals surface area (Å²) in [5.41, 5.74) is 2.80. The Hall–Kier alpha value is -2.14. The maximum absolute atomic E-state index is 5.75. The van der Waals surface area contributed by atoms with Crippen molar-refractivity contribution in [3.05, 3.63) is 41.6 Å². The largest absolute Gasteiger partial charge is 0.381 e. The van der Waals surface area contributed by atoms with Gasteiger partial charge in [0.1, 0.15) is 17.5 Å². The van der Waals surface area contributed by atoms with E-state index < -0.39 is 0 Å². The summed E-state index contributed by atoms with van der Waals surface area (Å²) in [5.74, 6) is 3.86. The number of anilines is 3. The Balaban J connectivity index is 1.75. The lowest BCUT2D eigenvalue weighted by Gasteiger charge is -2.42. The monoisotopic (exact) mass is 422 g/mol. The van der Waals surface area contributed by atoms with Crippen molar-refractivity contribution in [1.82, 2.24) is 9.97 Å². The van der Waals surface area contributed by atoms with E-state index in [4.69, 9.17) is 9.72 Å². The van der Waals surface area contributed by atoms with E-state index in [1.807, 2.05) is 6.20 Å². The van der Waals surface area contributed by atoms with E-state index in [2.05, 4.69) is 74.1 Å². The van der Waals surface area contributed by atoms with Gasteiger partial charge in [-0.2, -0.15) is 0 Å². The van der Waals surface area contributed by atoms with Crippen molar-refractivity contribution in [2.24, 2.45) is 5.92 Å². The molecule has 4 rings (SSSR count). The van der Waals surface area contributed by atoms with E-state index in [-0.39, 0.29) is 5.41 Å². The molecule has 2 aliphatic rings. The van der Waals surface area contributed by atoms with Gasteiger partial charge in [-0.05, 0) is 79.8 Å². The zero-order chi connectivity index (χ0) is 22.0. The molecule has 4 heterocycles. The fourth-order valence-electron chi connectivity index (χ4n) is 5.23. The van der Waals surface area contributed by atoms with Crippen LogP contribution in [0.1, 0.15) is 77.3 Å². The molecular formula is C26H38N4O. The van der Waals surface area contributed by atoms with Crippen LogP contribution in [0.15, 0.2) is 30.5 Å². The first-order valence-electron chi connectivity index (χ1n) is 12.0. The summed E-state index contributed by atoms with van der Waals surface area (Å²) in [6.07, 6.45) is 6.47.